The van der Waals surface area contributed by atoms with Crippen LogP contribution < -0.4 is 4.90 Å². The number of aromatic hydroxyl groups is 1. The number of nitrogens with zero attached hydrogens (tertiary/aromatic N) is 3. The zero-order chi connectivity index (χ0) is 23.3. The molecule has 0 unspecified atom stereocenters. The van der Waals surface area contributed by atoms with Crippen LogP contribution in [-0.2, 0) is 11.3 Å². The van der Waals surface area contributed by atoms with Crippen LogP contribution >= 0.6 is 0 Å². The summed E-state index contributed by atoms with van der Waals surface area (Å²) < 4.78 is 0. The predicted molar refractivity (Wildman–Crippen MR) is 130 cm³/mol. The van der Waals surface area contributed by atoms with E-state index in [-0.39, 0.29) is 29.8 Å². The van der Waals surface area contributed by atoms with Crippen LogP contribution in [0.5, 0.6) is 5.75 Å². The predicted octanol–water partition coefficient (Wildman–Crippen LogP) is 4.98. The van der Waals surface area contributed by atoms with Crippen molar-refractivity contribution in [1.29, 1.82) is 0 Å². The first-order valence-electron chi connectivity index (χ1n) is 11.6. The number of rotatable bonds is 4. The number of likely N-dealkylation sites (tertiary alicyclic amines) is 1. The number of phenolic OH excluding ortho intramolecular Hbond substituents is 1. The Kier molecular flexibility index (Phi) is 5.23. The second-order valence-electron chi connectivity index (χ2n) is 9.24. The lowest BCUT2D eigenvalue weighted by Gasteiger charge is -2.49. The normalized spacial score (nSPS) is 16.4. The van der Waals surface area contributed by atoms with E-state index in [0.29, 0.717) is 26.1 Å². The van der Waals surface area contributed by atoms with Crippen LogP contribution in [0, 0.1) is 0 Å². The second kappa shape index (κ2) is 8.10. The van der Waals surface area contributed by atoms with Crippen LogP contribution in [0.4, 0.5) is 10.5 Å². The summed E-state index contributed by atoms with van der Waals surface area (Å²) in [5.74, 6) is 0.361. The summed E-state index contributed by atoms with van der Waals surface area (Å²) in [5, 5.41) is 12.3. The lowest BCUT2D eigenvalue weighted by atomic mass is 9.94. The van der Waals surface area contributed by atoms with Crippen LogP contribution in [0.2, 0.25) is 0 Å². The fourth-order valence-electron chi connectivity index (χ4n) is 4.98. The zero-order valence-electron chi connectivity index (χ0n) is 19.3. The molecule has 6 nitrogen and oxygen atoms in total. The van der Waals surface area contributed by atoms with E-state index in [0.717, 1.165) is 33.2 Å². The van der Waals surface area contributed by atoms with E-state index in [2.05, 4.69) is 24.3 Å². The molecule has 0 atom stereocenters. The Morgan fingerprint density at radius 1 is 1.09 bits per heavy atom. The molecule has 0 radical (unpaired) electrons. The molecule has 2 aliphatic rings. The molecule has 1 fully saturated rings. The Bertz CT molecular complexity index is 1250. The van der Waals surface area contributed by atoms with Crippen molar-refractivity contribution < 1.29 is 14.7 Å². The molecule has 3 aromatic rings. The van der Waals surface area contributed by atoms with Crippen LogP contribution in [0.25, 0.3) is 21.9 Å². The first kappa shape index (κ1) is 21.3. The van der Waals surface area contributed by atoms with Crippen molar-refractivity contribution in [3.63, 3.8) is 0 Å². The number of benzene rings is 3. The van der Waals surface area contributed by atoms with Crippen LogP contribution in [0.1, 0.15) is 32.8 Å². The number of hydrogen-bond acceptors (Lipinski definition) is 3. The molecule has 0 aromatic heterocycles. The standard InChI is InChI=1S/C27H29N3O3/c1-4-26(32)28-15-21(16-28)29-14-20-10-9-19(12-25(20)30(17(2)3)27(29)33)24-13-22(31)11-18-7-5-6-8-23(18)24/h5-13,17,21,31H,4,14-16H2,1-3H3. The minimum atomic E-state index is -0.0105. The van der Waals surface area contributed by atoms with Gasteiger partial charge >= 0.3 is 6.03 Å². The molecule has 0 bridgehead atoms. The third-order valence-electron chi connectivity index (χ3n) is 6.77. The third kappa shape index (κ3) is 3.59. The van der Waals surface area contributed by atoms with Gasteiger partial charge in [0.05, 0.1) is 11.7 Å². The highest BCUT2D eigenvalue weighted by atomic mass is 16.3. The van der Waals surface area contributed by atoms with Gasteiger partial charge in [0.15, 0.2) is 0 Å². The fraction of sp³-hybridized carbons (Fsp3) is 0.333. The summed E-state index contributed by atoms with van der Waals surface area (Å²) in [7, 11) is 0. The molecule has 170 valence electrons. The van der Waals surface area contributed by atoms with Gasteiger partial charge in [-0.15, -0.1) is 0 Å². The molecule has 5 rings (SSSR count). The molecular formula is C27H29N3O3. The van der Waals surface area contributed by atoms with Gasteiger partial charge in [0.2, 0.25) is 5.91 Å². The van der Waals surface area contributed by atoms with Gasteiger partial charge in [-0.25, -0.2) is 4.79 Å². The number of amides is 3. The van der Waals surface area contributed by atoms with Gasteiger partial charge in [0, 0.05) is 32.1 Å². The summed E-state index contributed by atoms with van der Waals surface area (Å²) in [6, 6.07) is 17.8. The summed E-state index contributed by atoms with van der Waals surface area (Å²) in [6.07, 6.45) is 0.494. The molecule has 6 heteroatoms. The minimum Gasteiger partial charge on any atom is -0.508 e. The van der Waals surface area contributed by atoms with Crippen molar-refractivity contribution >= 4 is 28.4 Å². The van der Waals surface area contributed by atoms with Crippen LogP contribution in [0.15, 0.2) is 54.6 Å². The largest absolute Gasteiger partial charge is 0.508 e. The zero-order valence-corrected chi connectivity index (χ0v) is 19.3. The Morgan fingerprint density at radius 3 is 2.58 bits per heavy atom. The maximum atomic E-state index is 13.5. The number of urea groups is 1. The van der Waals surface area contributed by atoms with Gasteiger partial charge in [-0.3, -0.25) is 9.69 Å². The van der Waals surface area contributed by atoms with E-state index in [9.17, 15) is 14.7 Å². The topological polar surface area (TPSA) is 64.1 Å². The van der Waals surface area contributed by atoms with Crippen molar-refractivity contribution in [2.45, 2.75) is 45.8 Å². The lowest BCUT2D eigenvalue weighted by Crippen LogP contribution is -2.65. The average molecular weight is 444 g/mol. The first-order chi connectivity index (χ1) is 15.9. The highest BCUT2D eigenvalue weighted by molar-refractivity contribution is 6.00. The molecule has 33 heavy (non-hydrogen) atoms. The van der Waals surface area contributed by atoms with Gasteiger partial charge in [0.1, 0.15) is 5.75 Å². The third-order valence-corrected chi connectivity index (χ3v) is 6.77. The maximum absolute atomic E-state index is 13.5. The number of carbonyl (C=O) groups excluding carboxylic acids is 2. The number of phenols is 1. The van der Waals surface area contributed by atoms with Crippen molar-refractivity contribution in [1.82, 2.24) is 9.80 Å². The molecule has 1 N–H and O–H groups in total. The van der Waals surface area contributed by atoms with Gasteiger partial charge in [-0.1, -0.05) is 43.3 Å². The maximum Gasteiger partial charge on any atom is 0.325 e. The Balaban J connectivity index is 1.52. The van der Waals surface area contributed by atoms with Crippen LogP contribution in [-0.4, -0.2) is 52.0 Å². The minimum absolute atomic E-state index is 0.0102. The molecule has 2 heterocycles. The van der Waals surface area contributed by atoms with E-state index in [1.807, 2.05) is 53.7 Å². The van der Waals surface area contributed by atoms with Gasteiger partial charge < -0.3 is 14.9 Å². The number of anilines is 1. The van der Waals surface area contributed by atoms with E-state index in [1.54, 1.807) is 12.1 Å². The molecular weight excluding hydrogens is 414 g/mol. The van der Waals surface area contributed by atoms with Crippen LogP contribution in [0.3, 0.4) is 0 Å². The van der Waals surface area contributed by atoms with Gasteiger partial charge in [0.25, 0.3) is 0 Å². The quantitative estimate of drug-likeness (QED) is 0.618. The van der Waals surface area contributed by atoms with E-state index >= 15 is 0 Å². The summed E-state index contributed by atoms with van der Waals surface area (Å²) in [6.45, 7) is 7.66. The second-order valence-corrected chi connectivity index (χ2v) is 9.24. The smallest absolute Gasteiger partial charge is 0.325 e. The Hall–Kier alpha value is -3.54. The number of fused-ring (bicyclic) bond motifs is 2. The van der Waals surface area contributed by atoms with E-state index in [1.165, 1.54) is 0 Å². The summed E-state index contributed by atoms with van der Waals surface area (Å²) in [5.41, 5.74) is 3.92. The summed E-state index contributed by atoms with van der Waals surface area (Å²) in [4.78, 5) is 31.1. The SMILES string of the molecule is CCC(=O)N1CC(N2Cc3ccc(-c4cc(O)cc5ccccc45)cc3N(C(C)C)C2=O)C1. The van der Waals surface area contributed by atoms with Crippen molar-refractivity contribution in [3.8, 4) is 16.9 Å². The molecule has 3 amide bonds. The van der Waals surface area contributed by atoms with E-state index < -0.39 is 0 Å². The van der Waals surface area contributed by atoms with E-state index in [4.69, 9.17) is 0 Å². The molecule has 3 aromatic carbocycles. The lowest BCUT2D eigenvalue weighted by molar-refractivity contribution is -0.137. The fourth-order valence-corrected chi connectivity index (χ4v) is 4.98. The van der Waals surface area contributed by atoms with Crippen molar-refractivity contribution in [2.24, 2.45) is 0 Å². The van der Waals surface area contributed by atoms with Crippen molar-refractivity contribution in [3.05, 3.63) is 60.2 Å². The Labute approximate surface area is 194 Å². The molecule has 1 saturated heterocycles. The monoisotopic (exact) mass is 443 g/mol. The first-order valence-corrected chi connectivity index (χ1v) is 11.6. The molecule has 0 aliphatic carbocycles. The number of hydrogen-bond donors (Lipinski definition) is 1. The number of carbonyl (C=O) groups is 2. The molecule has 2 aliphatic heterocycles. The molecule has 0 spiro atoms. The highest BCUT2D eigenvalue weighted by Gasteiger charge is 2.41. The highest BCUT2D eigenvalue weighted by Crippen LogP contribution is 2.39. The van der Waals surface area contributed by atoms with Crippen molar-refractivity contribution in [2.75, 3.05) is 18.0 Å². The summed E-state index contributed by atoms with van der Waals surface area (Å²) >= 11 is 0. The van der Waals surface area contributed by atoms with Gasteiger partial charge in [-0.2, -0.15) is 0 Å². The van der Waals surface area contributed by atoms with Gasteiger partial charge in [-0.05, 0) is 59.5 Å². The Morgan fingerprint density at radius 2 is 1.85 bits per heavy atom. The molecule has 0 saturated carbocycles. The average Bonchev–Trinajstić information content (AvgIpc) is 2.77.